The topological polar surface area (TPSA) is 102 Å². The van der Waals surface area contributed by atoms with Crippen molar-refractivity contribution in [3.05, 3.63) is 81.5 Å². The van der Waals surface area contributed by atoms with Crippen molar-refractivity contribution in [1.29, 1.82) is 0 Å². The van der Waals surface area contributed by atoms with Gasteiger partial charge in [-0.2, -0.15) is 0 Å². The summed E-state index contributed by atoms with van der Waals surface area (Å²) in [5, 5.41) is 13.7. The Morgan fingerprint density at radius 2 is 1.82 bits per heavy atom. The largest absolute Gasteiger partial charge is 0.463 e. The first kappa shape index (κ1) is 19.1. The molecule has 2 aromatic carbocycles. The molecule has 0 saturated carbocycles. The second-order valence-electron chi connectivity index (χ2n) is 6.12. The number of hydrogen-bond acceptors (Lipinski definition) is 5. The van der Waals surface area contributed by atoms with Gasteiger partial charge in [0.2, 0.25) is 0 Å². The third kappa shape index (κ3) is 3.57. The summed E-state index contributed by atoms with van der Waals surface area (Å²) in [6.07, 6.45) is 0. The number of allylic oxidation sites excluding steroid dienone is 1. The summed E-state index contributed by atoms with van der Waals surface area (Å²) in [7, 11) is 0. The van der Waals surface area contributed by atoms with Crippen molar-refractivity contribution in [1.82, 2.24) is 5.32 Å². The Morgan fingerprint density at radius 1 is 1.18 bits per heavy atom. The van der Waals surface area contributed by atoms with E-state index in [4.69, 9.17) is 4.74 Å². The Hall–Kier alpha value is -3.68. The van der Waals surface area contributed by atoms with Crippen molar-refractivity contribution in [3.63, 3.8) is 0 Å². The molecule has 1 N–H and O–H groups in total. The zero-order chi connectivity index (χ0) is 20.3. The molecule has 1 atom stereocenters. The van der Waals surface area contributed by atoms with E-state index >= 15 is 0 Å². The first-order valence-corrected chi connectivity index (χ1v) is 8.72. The number of nitro benzene ring substituents is 1. The van der Waals surface area contributed by atoms with Crippen LogP contribution in [0, 0.1) is 10.1 Å². The second kappa shape index (κ2) is 7.91. The zero-order valence-corrected chi connectivity index (χ0v) is 15.4. The molecule has 0 saturated heterocycles. The van der Waals surface area contributed by atoms with Gasteiger partial charge in [0.25, 0.3) is 5.69 Å². The van der Waals surface area contributed by atoms with Crippen LogP contribution in [0.2, 0.25) is 0 Å². The third-order valence-corrected chi connectivity index (χ3v) is 4.43. The minimum Gasteiger partial charge on any atom is -0.463 e. The van der Waals surface area contributed by atoms with Gasteiger partial charge < -0.3 is 10.1 Å². The summed E-state index contributed by atoms with van der Waals surface area (Å²) in [5.41, 5.74) is 1.81. The van der Waals surface area contributed by atoms with Crippen molar-refractivity contribution in [2.45, 2.75) is 19.9 Å². The van der Waals surface area contributed by atoms with E-state index in [0.29, 0.717) is 16.9 Å². The molecular weight excluding hydrogens is 362 g/mol. The molecule has 3 rings (SSSR count). The Labute approximate surface area is 161 Å². The number of nitro groups is 1. The second-order valence-corrected chi connectivity index (χ2v) is 6.12. The van der Waals surface area contributed by atoms with Gasteiger partial charge in [0.15, 0.2) is 0 Å². The van der Waals surface area contributed by atoms with E-state index in [1.807, 2.05) is 6.07 Å². The minimum atomic E-state index is -0.771. The Bertz CT molecular complexity index is 938. The molecule has 2 aromatic rings. The molecule has 1 aliphatic heterocycles. The van der Waals surface area contributed by atoms with E-state index in [0.717, 1.165) is 0 Å². The Morgan fingerprint density at radius 3 is 2.39 bits per heavy atom. The van der Waals surface area contributed by atoms with E-state index in [1.165, 1.54) is 29.2 Å². The quantitative estimate of drug-likeness (QED) is 0.483. The van der Waals surface area contributed by atoms with Crippen LogP contribution in [0.1, 0.15) is 25.5 Å². The fourth-order valence-corrected chi connectivity index (χ4v) is 3.14. The molecule has 0 bridgehead atoms. The van der Waals surface area contributed by atoms with Crippen LogP contribution in [0.25, 0.3) is 0 Å². The number of urea groups is 1. The highest BCUT2D eigenvalue weighted by Gasteiger charge is 2.37. The standard InChI is InChI=1S/C20H19N3O5/c1-3-28-19(24)17-13(2)22(15-7-5-4-6-8-15)20(25)21-18(17)14-9-11-16(12-10-14)23(26)27/h4-12,18H,3H2,1-2H3,(H,21,25)/t18-/m0/s1. The molecule has 0 aromatic heterocycles. The smallest absolute Gasteiger partial charge is 0.338 e. The number of esters is 1. The van der Waals surface area contributed by atoms with Crippen molar-refractivity contribution in [2.75, 3.05) is 11.5 Å². The number of para-hydroxylation sites is 1. The average molecular weight is 381 g/mol. The lowest BCUT2D eigenvalue weighted by Gasteiger charge is -2.35. The number of anilines is 1. The molecule has 144 valence electrons. The van der Waals surface area contributed by atoms with Crippen LogP contribution in [0.3, 0.4) is 0 Å². The highest BCUT2D eigenvalue weighted by atomic mass is 16.6. The number of hydrogen-bond donors (Lipinski definition) is 1. The highest BCUT2D eigenvalue weighted by molar-refractivity contribution is 6.03. The average Bonchev–Trinajstić information content (AvgIpc) is 2.68. The molecule has 0 aliphatic carbocycles. The number of benzene rings is 2. The summed E-state index contributed by atoms with van der Waals surface area (Å²) in [4.78, 5) is 37.3. The first-order chi connectivity index (χ1) is 13.4. The van der Waals surface area contributed by atoms with Crippen molar-refractivity contribution in [2.24, 2.45) is 0 Å². The van der Waals surface area contributed by atoms with Gasteiger partial charge in [-0.25, -0.2) is 9.59 Å². The summed E-state index contributed by atoms with van der Waals surface area (Å²) < 4.78 is 5.20. The van der Waals surface area contributed by atoms with Gasteiger partial charge in [0, 0.05) is 17.8 Å². The number of carbonyl (C=O) groups is 2. The van der Waals surface area contributed by atoms with Gasteiger partial charge in [0.05, 0.1) is 28.8 Å². The normalized spacial score (nSPS) is 16.6. The lowest BCUT2D eigenvalue weighted by Crippen LogP contribution is -2.48. The Balaban J connectivity index is 2.09. The number of amides is 2. The van der Waals surface area contributed by atoms with Gasteiger partial charge in [-0.15, -0.1) is 0 Å². The summed E-state index contributed by atoms with van der Waals surface area (Å²) in [6.45, 7) is 3.56. The van der Waals surface area contributed by atoms with Crippen molar-refractivity contribution < 1.29 is 19.2 Å². The van der Waals surface area contributed by atoms with E-state index in [2.05, 4.69) is 5.32 Å². The maximum Gasteiger partial charge on any atom is 0.338 e. The molecule has 8 nitrogen and oxygen atoms in total. The van der Waals surface area contributed by atoms with Crippen LogP contribution in [0.5, 0.6) is 0 Å². The first-order valence-electron chi connectivity index (χ1n) is 8.72. The van der Waals surface area contributed by atoms with Crippen molar-refractivity contribution in [3.8, 4) is 0 Å². The number of non-ortho nitro benzene ring substituents is 1. The summed E-state index contributed by atoms with van der Waals surface area (Å²) in [6, 6.07) is 13.5. The molecule has 1 aliphatic rings. The number of nitrogens with zero attached hydrogens (tertiary/aromatic N) is 2. The van der Waals surface area contributed by atoms with E-state index < -0.39 is 23.0 Å². The van der Waals surface area contributed by atoms with Gasteiger partial charge in [-0.1, -0.05) is 18.2 Å². The molecule has 1 heterocycles. The maximum absolute atomic E-state index is 12.8. The molecule has 2 amide bonds. The fraction of sp³-hybridized carbons (Fsp3) is 0.200. The molecule has 0 spiro atoms. The predicted octanol–water partition coefficient (Wildman–Crippen LogP) is 3.70. The van der Waals surface area contributed by atoms with E-state index in [1.54, 1.807) is 38.1 Å². The molecular formula is C20H19N3O5. The maximum atomic E-state index is 12.8. The van der Waals surface area contributed by atoms with Crippen LogP contribution in [0.15, 0.2) is 65.9 Å². The number of carbonyl (C=O) groups excluding carboxylic acids is 2. The highest BCUT2D eigenvalue weighted by Crippen LogP contribution is 2.34. The van der Waals surface area contributed by atoms with Crippen molar-refractivity contribution >= 4 is 23.4 Å². The van der Waals surface area contributed by atoms with Crippen LogP contribution in [0.4, 0.5) is 16.2 Å². The number of rotatable bonds is 5. The van der Waals surface area contributed by atoms with Gasteiger partial charge in [0.1, 0.15) is 0 Å². The van der Waals surface area contributed by atoms with Crippen LogP contribution in [-0.4, -0.2) is 23.5 Å². The Kier molecular flexibility index (Phi) is 5.39. The molecule has 0 unspecified atom stereocenters. The zero-order valence-electron chi connectivity index (χ0n) is 15.4. The van der Waals surface area contributed by atoms with Gasteiger partial charge >= 0.3 is 12.0 Å². The summed E-state index contributed by atoms with van der Waals surface area (Å²) >= 11 is 0. The van der Waals surface area contributed by atoms with Gasteiger partial charge in [-0.3, -0.25) is 15.0 Å². The predicted molar refractivity (Wildman–Crippen MR) is 103 cm³/mol. The number of ether oxygens (including phenoxy) is 1. The third-order valence-electron chi connectivity index (χ3n) is 4.43. The SMILES string of the molecule is CCOC(=O)C1=C(C)N(c2ccccc2)C(=O)N[C@H]1c1ccc([N+](=O)[O-])cc1. The molecule has 8 heteroatoms. The van der Waals surface area contributed by atoms with Gasteiger partial charge in [-0.05, 0) is 43.7 Å². The monoisotopic (exact) mass is 381 g/mol. The lowest BCUT2D eigenvalue weighted by atomic mass is 9.94. The minimum absolute atomic E-state index is 0.0739. The van der Waals surface area contributed by atoms with E-state index in [9.17, 15) is 19.7 Å². The molecule has 28 heavy (non-hydrogen) atoms. The van der Waals surface area contributed by atoms with Crippen LogP contribution in [-0.2, 0) is 9.53 Å². The molecule has 0 fully saturated rings. The molecule has 0 radical (unpaired) electrons. The summed E-state index contributed by atoms with van der Waals surface area (Å²) in [5.74, 6) is -0.552. The van der Waals surface area contributed by atoms with Crippen LogP contribution < -0.4 is 10.2 Å². The van der Waals surface area contributed by atoms with Crippen LogP contribution >= 0.6 is 0 Å². The fourth-order valence-electron chi connectivity index (χ4n) is 3.14. The lowest BCUT2D eigenvalue weighted by molar-refractivity contribution is -0.384. The van der Waals surface area contributed by atoms with E-state index in [-0.39, 0.29) is 17.9 Å². The number of nitrogens with one attached hydrogen (secondary N) is 1.